The van der Waals surface area contributed by atoms with Crippen LogP contribution in [0.3, 0.4) is 0 Å². The van der Waals surface area contributed by atoms with Gasteiger partial charge >= 0.3 is 11.8 Å². The molecule has 1 aliphatic heterocycles. The van der Waals surface area contributed by atoms with Crippen LogP contribution in [0.25, 0.3) is 0 Å². The Morgan fingerprint density at radius 2 is 1.86 bits per heavy atom. The first-order valence-corrected chi connectivity index (χ1v) is 8.66. The standard InChI is InChI=1S/C19H17F3N4O3/c20-13-3-1-11(2-4-13)15-8-19(21,22)5-6-26(15)18(29)17(28)25-14-7-12(16(23)27)9-24-10-14/h1-4,7,9-10,15H,5-6,8H2,(H2,23,27)(H,25,28)/t15-/m0/s1. The van der Waals surface area contributed by atoms with E-state index in [4.69, 9.17) is 5.73 Å². The number of likely N-dealkylation sites (tertiary alicyclic amines) is 1. The molecule has 0 saturated carbocycles. The molecule has 3 N–H and O–H groups in total. The number of nitrogens with one attached hydrogen (secondary N) is 1. The van der Waals surface area contributed by atoms with Gasteiger partial charge in [0.1, 0.15) is 5.82 Å². The van der Waals surface area contributed by atoms with Crippen LogP contribution in [0.15, 0.2) is 42.7 Å². The Balaban J connectivity index is 1.81. The molecule has 0 bridgehead atoms. The summed E-state index contributed by atoms with van der Waals surface area (Å²) in [5.74, 6) is -6.44. The van der Waals surface area contributed by atoms with Crippen molar-refractivity contribution in [3.05, 3.63) is 59.7 Å². The molecule has 0 spiro atoms. The summed E-state index contributed by atoms with van der Waals surface area (Å²) in [4.78, 5) is 41.0. The van der Waals surface area contributed by atoms with E-state index in [0.717, 1.165) is 17.0 Å². The molecule has 0 unspecified atom stereocenters. The van der Waals surface area contributed by atoms with Gasteiger partial charge in [-0.15, -0.1) is 0 Å². The normalized spacial score (nSPS) is 18.2. The number of piperidine rings is 1. The van der Waals surface area contributed by atoms with Gasteiger partial charge < -0.3 is 16.0 Å². The van der Waals surface area contributed by atoms with Crippen LogP contribution in [0.2, 0.25) is 0 Å². The predicted octanol–water partition coefficient (Wildman–Crippen LogP) is 2.26. The number of benzene rings is 1. The Morgan fingerprint density at radius 3 is 2.52 bits per heavy atom. The van der Waals surface area contributed by atoms with Gasteiger partial charge in [0.05, 0.1) is 23.5 Å². The topological polar surface area (TPSA) is 105 Å². The van der Waals surface area contributed by atoms with Crippen molar-refractivity contribution in [1.29, 1.82) is 0 Å². The van der Waals surface area contributed by atoms with E-state index in [1.165, 1.54) is 30.6 Å². The fraction of sp³-hybridized carbons (Fsp3) is 0.263. The molecule has 0 radical (unpaired) electrons. The van der Waals surface area contributed by atoms with E-state index in [9.17, 15) is 27.6 Å². The van der Waals surface area contributed by atoms with Crippen molar-refractivity contribution in [2.75, 3.05) is 11.9 Å². The van der Waals surface area contributed by atoms with Gasteiger partial charge in [-0.2, -0.15) is 0 Å². The number of nitrogens with zero attached hydrogens (tertiary/aromatic N) is 2. The fourth-order valence-corrected chi connectivity index (χ4v) is 3.12. The van der Waals surface area contributed by atoms with Crippen molar-refractivity contribution in [2.24, 2.45) is 5.73 Å². The molecule has 152 valence electrons. The maximum atomic E-state index is 14.0. The minimum Gasteiger partial charge on any atom is -0.366 e. The summed E-state index contributed by atoms with van der Waals surface area (Å²) in [7, 11) is 0. The van der Waals surface area contributed by atoms with Crippen LogP contribution in [0, 0.1) is 5.82 Å². The molecule has 3 rings (SSSR count). The second-order valence-corrected chi connectivity index (χ2v) is 6.66. The zero-order valence-corrected chi connectivity index (χ0v) is 15.1. The van der Waals surface area contributed by atoms with Gasteiger partial charge in [-0.05, 0) is 23.8 Å². The lowest BCUT2D eigenvalue weighted by molar-refractivity contribution is -0.151. The number of carbonyl (C=O) groups excluding carboxylic acids is 3. The summed E-state index contributed by atoms with van der Waals surface area (Å²) in [5.41, 5.74) is 5.52. The lowest BCUT2D eigenvalue weighted by Crippen LogP contribution is -2.48. The van der Waals surface area contributed by atoms with E-state index >= 15 is 0 Å². The second-order valence-electron chi connectivity index (χ2n) is 6.66. The molecular formula is C19H17F3N4O3. The molecular weight excluding hydrogens is 389 g/mol. The summed E-state index contributed by atoms with van der Waals surface area (Å²) in [6.07, 6.45) is 1.12. The monoisotopic (exact) mass is 406 g/mol. The van der Waals surface area contributed by atoms with Crippen molar-refractivity contribution in [1.82, 2.24) is 9.88 Å². The van der Waals surface area contributed by atoms with Crippen molar-refractivity contribution >= 4 is 23.4 Å². The zero-order chi connectivity index (χ0) is 21.2. The lowest BCUT2D eigenvalue weighted by atomic mass is 9.92. The van der Waals surface area contributed by atoms with E-state index in [-0.39, 0.29) is 17.8 Å². The average Bonchev–Trinajstić information content (AvgIpc) is 2.67. The molecule has 0 aliphatic carbocycles. The molecule has 1 fully saturated rings. The Labute approximate surface area is 163 Å². The number of carbonyl (C=O) groups is 3. The number of hydrogen-bond acceptors (Lipinski definition) is 4. The Kier molecular flexibility index (Phi) is 5.53. The van der Waals surface area contributed by atoms with Crippen molar-refractivity contribution in [3.8, 4) is 0 Å². The van der Waals surface area contributed by atoms with Gasteiger partial charge in [0.15, 0.2) is 0 Å². The second kappa shape index (κ2) is 7.90. The first-order valence-electron chi connectivity index (χ1n) is 8.66. The summed E-state index contributed by atoms with van der Waals surface area (Å²) in [5, 5.41) is 2.29. The minimum atomic E-state index is -3.02. The molecule has 7 nitrogen and oxygen atoms in total. The third kappa shape index (κ3) is 4.71. The van der Waals surface area contributed by atoms with E-state index in [2.05, 4.69) is 10.3 Å². The first-order chi connectivity index (χ1) is 13.7. The molecule has 3 amide bonds. The highest BCUT2D eigenvalue weighted by atomic mass is 19.3. The minimum absolute atomic E-state index is 0.0250. The Morgan fingerprint density at radius 1 is 1.17 bits per heavy atom. The molecule has 1 aromatic heterocycles. The van der Waals surface area contributed by atoms with Gasteiger partial charge in [0, 0.05) is 25.6 Å². The number of hydrogen-bond donors (Lipinski definition) is 2. The maximum absolute atomic E-state index is 14.0. The van der Waals surface area contributed by atoms with Crippen molar-refractivity contribution in [2.45, 2.75) is 24.8 Å². The van der Waals surface area contributed by atoms with Crippen LogP contribution in [-0.4, -0.2) is 40.1 Å². The highest BCUT2D eigenvalue weighted by molar-refractivity contribution is 6.39. The van der Waals surface area contributed by atoms with Crippen LogP contribution in [0.5, 0.6) is 0 Å². The van der Waals surface area contributed by atoms with Gasteiger partial charge in [-0.1, -0.05) is 12.1 Å². The van der Waals surface area contributed by atoms with Crippen molar-refractivity contribution < 1.29 is 27.6 Å². The molecule has 1 saturated heterocycles. The first kappa shape index (κ1) is 20.3. The number of nitrogens with two attached hydrogens (primary N) is 1. The summed E-state index contributed by atoms with van der Waals surface area (Å²) < 4.78 is 41.1. The highest BCUT2D eigenvalue weighted by Gasteiger charge is 2.44. The quantitative estimate of drug-likeness (QED) is 0.763. The lowest BCUT2D eigenvalue weighted by Gasteiger charge is -2.39. The number of aromatic nitrogens is 1. The molecule has 10 heteroatoms. The van der Waals surface area contributed by atoms with Gasteiger partial charge in [0.2, 0.25) is 5.91 Å². The summed E-state index contributed by atoms with van der Waals surface area (Å²) in [6.45, 7) is -0.346. The summed E-state index contributed by atoms with van der Waals surface area (Å²) >= 11 is 0. The number of rotatable bonds is 3. The zero-order valence-electron chi connectivity index (χ0n) is 15.1. The molecule has 2 aromatic rings. The molecule has 1 atom stereocenters. The number of halogens is 3. The Bertz CT molecular complexity index is 950. The van der Waals surface area contributed by atoms with Gasteiger partial charge in [-0.25, -0.2) is 13.2 Å². The van der Waals surface area contributed by atoms with Gasteiger partial charge in [0.25, 0.3) is 5.92 Å². The van der Waals surface area contributed by atoms with E-state index < -0.39 is 48.3 Å². The van der Waals surface area contributed by atoms with E-state index in [1.807, 2.05) is 0 Å². The third-order valence-corrected chi connectivity index (χ3v) is 4.58. The number of pyridine rings is 1. The van der Waals surface area contributed by atoms with Crippen LogP contribution in [0.1, 0.15) is 34.8 Å². The fourth-order valence-electron chi connectivity index (χ4n) is 3.12. The predicted molar refractivity (Wildman–Crippen MR) is 96.4 cm³/mol. The summed E-state index contributed by atoms with van der Waals surface area (Å²) in [6, 6.07) is 4.97. The Hall–Kier alpha value is -3.43. The van der Waals surface area contributed by atoms with Crippen molar-refractivity contribution in [3.63, 3.8) is 0 Å². The molecule has 1 aromatic carbocycles. The number of anilines is 1. The third-order valence-electron chi connectivity index (χ3n) is 4.58. The van der Waals surface area contributed by atoms with Crippen LogP contribution >= 0.6 is 0 Å². The van der Waals surface area contributed by atoms with Crippen LogP contribution in [-0.2, 0) is 9.59 Å². The SMILES string of the molecule is NC(=O)c1cncc(NC(=O)C(=O)N2CCC(F)(F)C[C@H]2c2ccc(F)cc2)c1. The largest absolute Gasteiger partial charge is 0.366 e. The van der Waals surface area contributed by atoms with E-state index in [0.29, 0.717) is 5.56 Å². The molecule has 29 heavy (non-hydrogen) atoms. The van der Waals surface area contributed by atoms with Crippen LogP contribution in [0.4, 0.5) is 18.9 Å². The van der Waals surface area contributed by atoms with Crippen LogP contribution < -0.4 is 11.1 Å². The van der Waals surface area contributed by atoms with E-state index in [1.54, 1.807) is 0 Å². The number of primary amides is 1. The number of alkyl halides is 2. The number of amides is 3. The maximum Gasteiger partial charge on any atom is 0.313 e. The average molecular weight is 406 g/mol. The molecule has 2 heterocycles. The highest BCUT2D eigenvalue weighted by Crippen LogP contribution is 2.40. The molecule has 1 aliphatic rings. The smallest absolute Gasteiger partial charge is 0.313 e. The van der Waals surface area contributed by atoms with Gasteiger partial charge in [-0.3, -0.25) is 19.4 Å².